The van der Waals surface area contributed by atoms with Crippen molar-refractivity contribution in [1.82, 2.24) is 4.98 Å². The van der Waals surface area contributed by atoms with E-state index < -0.39 is 5.92 Å². The van der Waals surface area contributed by atoms with E-state index in [1.54, 1.807) is 6.92 Å². The number of allylic oxidation sites excluding steroid dienone is 4. The maximum atomic E-state index is 15.7. The molecule has 2 aromatic rings. The normalized spacial score (nSPS) is 16.1. The molecule has 4 nitrogen and oxygen atoms in total. The summed E-state index contributed by atoms with van der Waals surface area (Å²) in [5.41, 5.74) is 13.6. The number of nitrogen functional groups attached to an aromatic ring is 1. The minimum absolute atomic E-state index is 0.107. The van der Waals surface area contributed by atoms with E-state index in [4.69, 9.17) is 22.3 Å². The summed E-state index contributed by atoms with van der Waals surface area (Å²) in [7, 11) is 0. The highest BCUT2D eigenvalue weighted by Gasteiger charge is 2.42. The van der Waals surface area contributed by atoms with Crippen LogP contribution < -0.4 is 11.1 Å². The molecular weight excluding hydrogens is 670 g/mol. The molecule has 0 saturated heterocycles. The second-order valence-electron chi connectivity index (χ2n) is 15.4. The number of nitrogens with two attached hydrogens (primary N) is 1. The maximum Gasteiger partial charge on any atom is 0.275 e. The zero-order valence-electron chi connectivity index (χ0n) is 34.2. The molecule has 1 aliphatic carbocycles. The molecule has 1 heterocycles. The quantitative estimate of drug-likeness (QED) is 0.102. The van der Waals surface area contributed by atoms with E-state index in [0.29, 0.717) is 33.2 Å². The fourth-order valence-electron chi connectivity index (χ4n) is 7.20. The van der Waals surface area contributed by atoms with Gasteiger partial charge in [-0.1, -0.05) is 102 Å². The Bertz CT molecular complexity index is 1650. The number of hydrogen-bond donors (Lipinski definition) is 2. The Morgan fingerprint density at radius 2 is 1.83 bits per heavy atom. The molecule has 1 aromatic heterocycles. The van der Waals surface area contributed by atoms with Gasteiger partial charge in [0.1, 0.15) is 5.82 Å². The van der Waals surface area contributed by atoms with Crippen LogP contribution in [0, 0.1) is 25.7 Å². The van der Waals surface area contributed by atoms with Crippen molar-refractivity contribution in [3.8, 4) is 11.3 Å². The van der Waals surface area contributed by atoms with Gasteiger partial charge >= 0.3 is 0 Å². The van der Waals surface area contributed by atoms with Crippen molar-refractivity contribution in [3.05, 3.63) is 87.6 Å². The third kappa shape index (κ3) is 11.4. The molecule has 1 aliphatic rings. The zero-order chi connectivity index (χ0) is 39.6. The average Bonchev–Trinajstić information content (AvgIpc) is 3.18. The zero-order valence-corrected chi connectivity index (χ0v) is 34.9. The standard InChI is InChI=1S/C34H45ClF2N4.C11H22/c1-11-13-22(7)39-24(9)27-23(8)25-15-17-34(36,37)29-20(5)18-26(38)40-31(29)28(25)30(35)32(27)41-33(10,21(6)12-2)16-14-19(3)4;1-5-7-8-11(4)9-10(3)6-2/h11,13,18,21,41H,3,7,12,14-17H2,1-2,4-6,8-10H3,(H2,38,40);11H,3,5-9H2,1-2,4H3/b13-11-,39-24?;/t21-,33+;/m0./s1. The Balaban J connectivity index is 0.000000734. The molecular formula is C45H67ClF2N4. The van der Waals surface area contributed by atoms with E-state index in [-0.39, 0.29) is 41.4 Å². The predicted molar refractivity (Wildman–Crippen MR) is 225 cm³/mol. The van der Waals surface area contributed by atoms with Gasteiger partial charge in [0.05, 0.1) is 27.7 Å². The van der Waals surface area contributed by atoms with Crippen LogP contribution in [0.25, 0.3) is 11.3 Å². The number of rotatable bonds is 16. The molecule has 0 radical (unpaired) electrons. The minimum Gasteiger partial charge on any atom is -0.384 e. The summed E-state index contributed by atoms with van der Waals surface area (Å²) in [6, 6.07) is 1.51. The van der Waals surface area contributed by atoms with E-state index >= 15 is 8.78 Å². The number of unbranched alkanes of at least 4 members (excludes halogenated alkanes) is 1. The summed E-state index contributed by atoms with van der Waals surface area (Å²) >= 11 is 7.36. The Morgan fingerprint density at radius 3 is 2.38 bits per heavy atom. The highest BCUT2D eigenvalue weighted by Crippen LogP contribution is 2.51. The Labute approximate surface area is 320 Å². The van der Waals surface area contributed by atoms with Crippen molar-refractivity contribution >= 4 is 28.8 Å². The van der Waals surface area contributed by atoms with Gasteiger partial charge in [0.25, 0.3) is 5.92 Å². The lowest BCUT2D eigenvalue weighted by Crippen LogP contribution is -2.42. The maximum absolute atomic E-state index is 15.7. The number of aromatic nitrogens is 1. The smallest absolute Gasteiger partial charge is 0.275 e. The monoisotopic (exact) mass is 737 g/mol. The fourth-order valence-corrected chi connectivity index (χ4v) is 7.55. The molecule has 3 atom stereocenters. The van der Waals surface area contributed by atoms with Crippen molar-refractivity contribution in [2.75, 3.05) is 11.1 Å². The van der Waals surface area contributed by atoms with Crippen molar-refractivity contribution in [2.24, 2.45) is 16.8 Å². The first-order valence-electron chi connectivity index (χ1n) is 19.2. The molecule has 0 aliphatic heterocycles. The number of aryl methyl sites for hydroxylation is 1. The topological polar surface area (TPSA) is 63.3 Å². The first-order chi connectivity index (χ1) is 24.3. The van der Waals surface area contributed by atoms with Crippen LogP contribution in [0.4, 0.5) is 20.3 Å². The van der Waals surface area contributed by atoms with Gasteiger partial charge in [-0.3, -0.25) is 4.99 Å². The molecule has 52 heavy (non-hydrogen) atoms. The number of anilines is 2. The molecule has 288 valence electrons. The Hall–Kier alpha value is -3.25. The van der Waals surface area contributed by atoms with E-state index in [1.165, 1.54) is 37.3 Å². The molecule has 0 saturated carbocycles. The number of nitrogens with zero attached hydrogens (tertiary/aromatic N) is 2. The molecule has 3 rings (SSSR count). The Morgan fingerprint density at radius 1 is 1.17 bits per heavy atom. The number of fused-ring (bicyclic) bond motifs is 3. The predicted octanol–water partition coefficient (Wildman–Crippen LogP) is 14.3. The minimum atomic E-state index is -3.08. The highest BCUT2D eigenvalue weighted by atomic mass is 35.5. The van der Waals surface area contributed by atoms with Gasteiger partial charge in [0.2, 0.25) is 0 Å². The second-order valence-corrected chi connectivity index (χ2v) is 15.8. The first kappa shape index (κ1) is 44.9. The lowest BCUT2D eigenvalue weighted by Gasteiger charge is -2.39. The number of nitrogens with one attached hydrogen (secondary N) is 1. The van der Waals surface area contributed by atoms with E-state index in [9.17, 15) is 0 Å². The van der Waals surface area contributed by atoms with Crippen molar-refractivity contribution in [2.45, 2.75) is 152 Å². The summed E-state index contributed by atoms with van der Waals surface area (Å²) in [6.45, 7) is 35.0. The van der Waals surface area contributed by atoms with E-state index in [2.05, 4.69) is 71.6 Å². The van der Waals surface area contributed by atoms with Crippen LogP contribution in [0.15, 0.2) is 59.8 Å². The average molecular weight is 738 g/mol. The first-order valence-corrected chi connectivity index (χ1v) is 19.6. The number of pyridine rings is 1. The molecule has 0 amide bonds. The van der Waals surface area contributed by atoms with E-state index in [1.807, 2.05) is 39.8 Å². The second kappa shape index (κ2) is 19.7. The Kier molecular flexibility index (Phi) is 17.0. The molecule has 0 fully saturated rings. The van der Waals surface area contributed by atoms with Crippen LogP contribution >= 0.6 is 11.6 Å². The van der Waals surface area contributed by atoms with Gasteiger partial charge in [0.15, 0.2) is 0 Å². The summed E-state index contributed by atoms with van der Waals surface area (Å²) in [5.74, 6) is -1.78. The van der Waals surface area contributed by atoms with Crippen LogP contribution in [0.1, 0.15) is 148 Å². The third-order valence-corrected chi connectivity index (χ3v) is 11.1. The number of benzene rings is 1. The van der Waals surface area contributed by atoms with Crippen LogP contribution in [0.2, 0.25) is 5.02 Å². The van der Waals surface area contributed by atoms with Crippen LogP contribution in [0.5, 0.6) is 0 Å². The van der Waals surface area contributed by atoms with Crippen molar-refractivity contribution in [1.29, 1.82) is 0 Å². The van der Waals surface area contributed by atoms with Crippen molar-refractivity contribution in [3.63, 3.8) is 0 Å². The largest absolute Gasteiger partial charge is 0.384 e. The third-order valence-electron chi connectivity index (χ3n) is 10.7. The molecule has 3 N–H and O–H groups in total. The van der Waals surface area contributed by atoms with E-state index in [0.717, 1.165) is 53.9 Å². The van der Waals surface area contributed by atoms with Gasteiger partial charge < -0.3 is 11.1 Å². The van der Waals surface area contributed by atoms with Crippen molar-refractivity contribution < 1.29 is 8.78 Å². The molecule has 1 aromatic carbocycles. The fraction of sp³-hybridized carbons (Fsp3) is 0.556. The van der Waals surface area contributed by atoms with Crippen LogP contribution in [0.3, 0.4) is 0 Å². The number of hydrogen-bond acceptors (Lipinski definition) is 4. The SMILES string of the molecule is C=C(C)CC[C@@](C)(Nc1c(Cl)c2c(c(C)c1C(C)=NC(=C)/C=C\C)CCC(F)(F)c1c(C)cc(N)nc1-2)[C@@H](C)CC.C=C(CC)CC(C)CCCC. The molecule has 0 spiro atoms. The number of aliphatic imine (C=N–C) groups is 1. The summed E-state index contributed by atoms with van der Waals surface area (Å²) < 4.78 is 31.4. The lowest BCUT2D eigenvalue weighted by molar-refractivity contribution is -0.0124. The van der Waals surface area contributed by atoms with Gasteiger partial charge in [-0.2, -0.15) is 0 Å². The van der Waals surface area contributed by atoms with Gasteiger partial charge in [-0.15, -0.1) is 6.58 Å². The van der Waals surface area contributed by atoms with Gasteiger partial charge in [0, 0.05) is 28.8 Å². The number of alkyl halides is 2. The number of halogens is 3. The van der Waals surface area contributed by atoms with Crippen LogP contribution in [-0.2, 0) is 12.3 Å². The molecule has 0 bridgehead atoms. The van der Waals surface area contributed by atoms with Gasteiger partial charge in [-0.05, 0) is 114 Å². The summed E-state index contributed by atoms with van der Waals surface area (Å²) in [4.78, 5) is 9.27. The summed E-state index contributed by atoms with van der Waals surface area (Å²) in [6.07, 6.45) is 12.5. The summed E-state index contributed by atoms with van der Waals surface area (Å²) in [5, 5.41) is 4.18. The van der Waals surface area contributed by atoms with Crippen LogP contribution in [-0.4, -0.2) is 16.2 Å². The lowest BCUT2D eigenvalue weighted by atomic mass is 9.79. The van der Waals surface area contributed by atoms with Gasteiger partial charge in [-0.25, -0.2) is 13.8 Å². The highest BCUT2D eigenvalue weighted by molar-refractivity contribution is 6.37. The molecule has 1 unspecified atom stereocenters. The molecule has 7 heteroatoms.